The van der Waals surface area contributed by atoms with Crippen LogP contribution in [0, 0.1) is 5.82 Å². The summed E-state index contributed by atoms with van der Waals surface area (Å²) in [6.07, 6.45) is -8.01. The molecule has 0 heterocycles. The van der Waals surface area contributed by atoms with Crippen molar-refractivity contribution in [3.8, 4) is 0 Å². The van der Waals surface area contributed by atoms with Gasteiger partial charge in [0.15, 0.2) is 6.10 Å². The molecular formula is C9H7ClF4O. The van der Waals surface area contributed by atoms with E-state index >= 15 is 0 Å². The lowest BCUT2D eigenvalue weighted by molar-refractivity contribution is -0.203. The highest BCUT2D eigenvalue weighted by atomic mass is 35.5. The molecule has 1 aromatic rings. The molecule has 6 heteroatoms. The van der Waals surface area contributed by atoms with Crippen LogP contribution in [0.15, 0.2) is 18.2 Å². The number of benzene rings is 1. The second-order valence-electron chi connectivity index (χ2n) is 3.00. The van der Waals surface area contributed by atoms with Gasteiger partial charge in [0.05, 0.1) is 0 Å². The molecule has 84 valence electrons. The van der Waals surface area contributed by atoms with E-state index in [9.17, 15) is 17.6 Å². The molecule has 0 saturated carbocycles. The van der Waals surface area contributed by atoms with Gasteiger partial charge in [0.25, 0.3) is 0 Å². The minimum absolute atomic E-state index is 0.000278. The molecule has 0 saturated heterocycles. The Balaban J connectivity index is 2.85. The number of hydrogen-bond donors (Lipinski definition) is 1. The Kier molecular flexibility index (Phi) is 3.57. The topological polar surface area (TPSA) is 20.2 Å². The summed E-state index contributed by atoms with van der Waals surface area (Å²) in [7, 11) is 0. The second-order valence-corrected chi connectivity index (χ2v) is 3.40. The maximum atomic E-state index is 12.7. The number of aliphatic hydroxyl groups excluding tert-OH is 1. The molecule has 0 bridgehead atoms. The summed E-state index contributed by atoms with van der Waals surface area (Å²) in [4.78, 5) is 0. The zero-order valence-corrected chi connectivity index (χ0v) is 8.11. The van der Waals surface area contributed by atoms with Gasteiger partial charge in [0, 0.05) is 11.4 Å². The number of rotatable bonds is 2. The third kappa shape index (κ3) is 3.35. The van der Waals surface area contributed by atoms with Crippen LogP contribution in [0.3, 0.4) is 0 Å². The quantitative estimate of drug-likeness (QED) is 0.791. The van der Waals surface area contributed by atoms with Crippen LogP contribution >= 0.6 is 11.6 Å². The van der Waals surface area contributed by atoms with Gasteiger partial charge in [-0.1, -0.05) is 11.6 Å². The van der Waals surface area contributed by atoms with Crippen molar-refractivity contribution in [3.63, 3.8) is 0 Å². The SMILES string of the molecule is OC(Cc1cc(F)ccc1Cl)C(F)(F)F. The van der Waals surface area contributed by atoms with Gasteiger partial charge in [0.2, 0.25) is 0 Å². The van der Waals surface area contributed by atoms with Crippen molar-refractivity contribution in [2.45, 2.75) is 18.7 Å². The zero-order valence-electron chi connectivity index (χ0n) is 7.35. The molecule has 1 N–H and O–H groups in total. The minimum Gasteiger partial charge on any atom is -0.383 e. The highest BCUT2D eigenvalue weighted by Gasteiger charge is 2.38. The first kappa shape index (κ1) is 12.3. The predicted octanol–water partition coefficient (Wildman–Crippen LogP) is 2.94. The van der Waals surface area contributed by atoms with Crippen molar-refractivity contribution < 1.29 is 22.7 Å². The third-order valence-electron chi connectivity index (χ3n) is 1.80. The first-order valence-corrected chi connectivity index (χ1v) is 4.37. The van der Waals surface area contributed by atoms with Crippen LogP contribution < -0.4 is 0 Å². The van der Waals surface area contributed by atoms with E-state index in [2.05, 4.69) is 0 Å². The molecule has 1 unspecified atom stereocenters. The van der Waals surface area contributed by atoms with Crippen LogP contribution in [-0.4, -0.2) is 17.4 Å². The maximum absolute atomic E-state index is 12.7. The number of aliphatic hydroxyl groups is 1. The van der Waals surface area contributed by atoms with Crippen molar-refractivity contribution in [3.05, 3.63) is 34.6 Å². The summed E-state index contributed by atoms with van der Waals surface area (Å²) in [5.74, 6) is -0.691. The van der Waals surface area contributed by atoms with Gasteiger partial charge in [0.1, 0.15) is 5.82 Å². The van der Waals surface area contributed by atoms with Crippen LogP contribution in [0.2, 0.25) is 5.02 Å². The van der Waals surface area contributed by atoms with E-state index in [1.165, 1.54) is 0 Å². The molecule has 0 aliphatic carbocycles. The van der Waals surface area contributed by atoms with E-state index in [0.717, 1.165) is 18.2 Å². The maximum Gasteiger partial charge on any atom is 0.414 e. The van der Waals surface area contributed by atoms with E-state index in [1.807, 2.05) is 0 Å². The fourth-order valence-electron chi connectivity index (χ4n) is 1.02. The van der Waals surface area contributed by atoms with Crippen molar-refractivity contribution in [2.24, 2.45) is 0 Å². The Morgan fingerprint density at radius 1 is 1.33 bits per heavy atom. The minimum atomic E-state index is -4.73. The standard InChI is InChI=1S/C9H7ClF4O/c10-7-2-1-6(11)3-5(7)4-8(15)9(12,13)14/h1-3,8,15H,4H2. The van der Waals surface area contributed by atoms with E-state index in [-0.39, 0.29) is 10.6 Å². The Morgan fingerprint density at radius 3 is 2.47 bits per heavy atom. The second kappa shape index (κ2) is 4.37. The molecule has 1 rings (SSSR count). The van der Waals surface area contributed by atoms with E-state index in [1.54, 1.807) is 0 Å². The average molecular weight is 243 g/mol. The molecule has 0 amide bonds. The van der Waals surface area contributed by atoms with E-state index in [0.29, 0.717) is 0 Å². The van der Waals surface area contributed by atoms with Gasteiger partial charge in [-0.15, -0.1) is 0 Å². The largest absolute Gasteiger partial charge is 0.414 e. The van der Waals surface area contributed by atoms with Gasteiger partial charge in [-0.25, -0.2) is 4.39 Å². The van der Waals surface area contributed by atoms with E-state index < -0.39 is 24.5 Å². The summed E-state index contributed by atoms with van der Waals surface area (Å²) in [6.45, 7) is 0. The number of hydrogen-bond acceptors (Lipinski definition) is 1. The van der Waals surface area contributed by atoms with Crippen LogP contribution in [0.5, 0.6) is 0 Å². The molecule has 0 spiro atoms. The fourth-order valence-corrected chi connectivity index (χ4v) is 1.22. The van der Waals surface area contributed by atoms with Crippen molar-refractivity contribution in [1.29, 1.82) is 0 Å². The molecule has 0 aliphatic heterocycles. The lowest BCUT2D eigenvalue weighted by atomic mass is 10.1. The lowest BCUT2D eigenvalue weighted by Gasteiger charge is -2.15. The van der Waals surface area contributed by atoms with Gasteiger partial charge >= 0.3 is 6.18 Å². The van der Waals surface area contributed by atoms with Crippen molar-refractivity contribution >= 4 is 11.6 Å². The Hall–Kier alpha value is -0.810. The molecule has 0 radical (unpaired) electrons. The Bertz CT molecular complexity index is 350. The van der Waals surface area contributed by atoms with Crippen molar-refractivity contribution in [2.75, 3.05) is 0 Å². The molecule has 0 aliphatic rings. The van der Waals surface area contributed by atoms with Gasteiger partial charge in [-0.2, -0.15) is 13.2 Å². The molecule has 1 atom stereocenters. The van der Waals surface area contributed by atoms with Crippen LogP contribution in [-0.2, 0) is 6.42 Å². The Morgan fingerprint density at radius 2 is 1.93 bits per heavy atom. The summed E-state index contributed by atoms with van der Waals surface area (Å²) in [5.41, 5.74) is -0.0681. The summed E-state index contributed by atoms with van der Waals surface area (Å²) < 4.78 is 48.6. The van der Waals surface area contributed by atoms with Gasteiger partial charge in [-0.3, -0.25) is 0 Å². The Labute approximate surface area is 88.3 Å². The highest BCUT2D eigenvalue weighted by Crippen LogP contribution is 2.26. The molecule has 1 aromatic carbocycles. The average Bonchev–Trinajstić information content (AvgIpc) is 2.09. The van der Waals surface area contributed by atoms with Crippen LogP contribution in [0.4, 0.5) is 17.6 Å². The third-order valence-corrected chi connectivity index (χ3v) is 2.17. The van der Waals surface area contributed by atoms with Crippen LogP contribution in [0.1, 0.15) is 5.56 Å². The predicted molar refractivity (Wildman–Crippen MR) is 47.2 cm³/mol. The molecule has 15 heavy (non-hydrogen) atoms. The highest BCUT2D eigenvalue weighted by molar-refractivity contribution is 6.31. The summed E-state index contributed by atoms with van der Waals surface area (Å²) in [5, 5.41) is 8.75. The number of halogens is 5. The van der Waals surface area contributed by atoms with Crippen LogP contribution in [0.25, 0.3) is 0 Å². The van der Waals surface area contributed by atoms with Gasteiger partial charge < -0.3 is 5.11 Å². The first-order valence-electron chi connectivity index (χ1n) is 3.99. The summed E-state index contributed by atoms with van der Waals surface area (Å²) in [6, 6.07) is 3.05. The number of alkyl halides is 3. The van der Waals surface area contributed by atoms with E-state index in [4.69, 9.17) is 16.7 Å². The molecular weight excluding hydrogens is 236 g/mol. The summed E-state index contributed by atoms with van der Waals surface area (Å²) >= 11 is 5.55. The fraction of sp³-hybridized carbons (Fsp3) is 0.333. The zero-order chi connectivity index (χ0) is 11.6. The smallest absolute Gasteiger partial charge is 0.383 e. The van der Waals surface area contributed by atoms with Crippen molar-refractivity contribution in [1.82, 2.24) is 0 Å². The monoisotopic (exact) mass is 242 g/mol. The molecule has 0 fully saturated rings. The van der Waals surface area contributed by atoms with Gasteiger partial charge in [-0.05, 0) is 23.8 Å². The molecule has 1 nitrogen and oxygen atoms in total. The normalized spacial score (nSPS) is 14.0. The molecule has 0 aromatic heterocycles. The first-order chi connectivity index (χ1) is 6.80. The lowest BCUT2D eigenvalue weighted by Crippen LogP contribution is -2.30.